The van der Waals surface area contributed by atoms with Crippen LogP contribution in [0.3, 0.4) is 0 Å². The maximum Gasteiger partial charge on any atom is 0.237 e. The molecule has 0 spiro atoms. The van der Waals surface area contributed by atoms with Gasteiger partial charge in [-0.25, -0.2) is 9.07 Å². The molecular formula is C17H15ClFN5OS. The minimum Gasteiger partial charge on any atom is -0.335 e. The first kappa shape index (κ1) is 18.2. The highest BCUT2D eigenvalue weighted by atomic mass is 35.5. The van der Waals surface area contributed by atoms with Gasteiger partial charge in [0.1, 0.15) is 5.82 Å². The van der Waals surface area contributed by atoms with Crippen LogP contribution in [0.5, 0.6) is 0 Å². The Bertz CT molecular complexity index is 931. The molecule has 1 amide bonds. The number of benzene rings is 2. The fraction of sp³-hybridized carbons (Fsp3) is 0.118. The SMILES string of the molecule is C[C@H](Sc1nnc(-c2ccc(Cl)cc2)n1N)C(=O)Nc1ccccc1F. The van der Waals surface area contributed by atoms with E-state index in [2.05, 4.69) is 15.5 Å². The highest BCUT2D eigenvalue weighted by Crippen LogP contribution is 2.26. The van der Waals surface area contributed by atoms with E-state index in [4.69, 9.17) is 17.4 Å². The summed E-state index contributed by atoms with van der Waals surface area (Å²) in [5.74, 6) is 5.63. The Morgan fingerprint density at radius 3 is 2.62 bits per heavy atom. The van der Waals surface area contributed by atoms with Crippen LogP contribution in [0.1, 0.15) is 6.92 Å². The zero-order valence-corrected chi connectivity index (χ0v) is 15.3. The molecule has 6 nitrogen and oxygen atoms in total. The molecule has 9 heteroatoms. The van der Waals surface area contributed by atoms with Crippen LogP contribution in [0, 0.1) is 5.82 Å². The van der Waals surface area contributed by atoms with Crippen molar-refractivity contribution in [2.24, 2.45) is 0 Å². The Balaban J connectivity index is 1.71. The fourth-order valence-electron chi connectivity index (χ4n) is 2.16. The molecule has 1 atom stereocenters. The zero-order valence-electron chi connectivity index (χ0n) is 13.7. The van der Waals surface area contributed by atoms with Gasteiger partial charge in [-0.15, -0.1) is 10.2 Å². The van der Waals surface area contributed by atoms with Gasteiger partial charge in [-0.1, -0.05) is 35.5 Å². The largest absolute Gasteiger partial charge is 0.335 e. The Morgan fingerprint density at radius 1 is 1.23 bits per heavy atom. The zero-order chi connectivity index (χ0) is 18.7. The van der Waals surface area contributed by atoms with Gasteiger partial charge < -0.3 is 11.2 Å². The predicted molar refractivity (Wildman–Crippen MR) is 101 cm³/mol. The van der Waals surface area contributed by atoms with Crippen molar-refractivity contribution in [3.63, 3.8) is 0 Å². The summed E-state index contributed by atoms with van der Waals surface area (Å²) in [5.41, 5.74) is 0.876. The van der Waals surface area contributed by atoms with Gasteiger partial charge in [-0.2, -0.15) is 0 Å². The number of nitrogens with one attached hydrogen (secondary N) is 1. The van der Waals surface area contributed by atoms with E-state index in [-0.39, 0.29) is 11.6 Å². The summed E-state index contributed by atoms with van der Waals surface area (Å²) < 4.78 is 15.0. The molecule has 0 aliphatic heterocycles. The lowest BCUT2D eigenvalue weighted by molar-refractivity contribution is -0.115. The molecule has 0 fully saturated rings. The Morgan fingerprint density at radius 2 is 1.92 bits per heavy atom. The molecule has 3 N–H and O–H groups in total. The summed E-state index contributed by atoms with van der Waals surface area (Å²) in [7, 11) is 0. The molecule has 0 saturated carbocycles. The van der Waals surface area contributed by atoms with E-state index in [0.717, 1.165) is 17.3 Å². The third-order valence-electron chi connectivity index (χ3n) is 3.55. The first-order valence-electron chi connectivity index (χ1n) is 7.64. The normalized spacial score (nSPS) is 12.0. The van der Waals surface area contributed by atoms with E-state index < -0.39 is 11.1 Å². The number of rotatable bonds is 5. The average Bonchev–Trinajstić information content (AvgIpc) is 2.98. The monoisotopic (exact) mass is 391 g/mol. The van der Waals surface area contributed by atoms with Gasteiger partial charge in [-0.05, 0) is 43.3 Å². The van der Waals surface area contributed by atoms with E-state index in [1.807, 2.05) is 0 Å². The van der Waals surface area contributed by atoms with Crippen molar-refractivity contribution >= 4 is 35.0 Å². The first-order valence-corrected chi connectivity index (χ1v) is 8.90. The summed E-state index contributed by atoms with van der Waals surface area (Å²) in [6.45, 7) is 1.68. The topological polar surface area (TPSA) is 85.8 Å². The number of hydrogen-bond donors (Lipinski definition) is 2. The van der Waals surface area contributed by atoms with E-state index in [9.17, 15) is 9.18 Å². The molecule has 0 aliphatic rings. The van der Waals surface area contributed by atoms with Crippen LogP contribution in [0.2, 0.25) is 5.02 Å². The quantitative estimate of drug-likeness (QED) is 0.513. The average molecular weight is 392 g/mol. The van der Waals surface area contributed by atoms with Crippen molar-refractivity contribution in [3.8, 4) is 11.4 Å². The van der Waals surface area contributed by atoms with Crippen LogP contribution in [0.4, 0.5) is 10.1 Å². The highest BCUT2D eigenvalue weighted by molar-refractivity contribution is 8.00. The standard InChI is InChI=1S/C17H15ClFN5OS/c1-10(16(25)21-14-5-3-2-4-13(14)19)26-17-23-22-15(24(17)20)11-6-8-12(18)9-7-11/h2-10H,20H2,1H3,(H,21,25)/t10-/m0/s1. The van der Waals surface area contributed by atoms with Crippen molar-refractivity contribution in [2.45, 2.75) is 17.3 Å². The fourth-order valence-corrected chi connectivity index (χ4v) is 3.06. The highest BCUT2D eigenvalue weighted by Gasteiger charge is 2.20. The second kappa shape index (κ2) is 7.76. The maximum atomic E-state index is 13.6. The molecule has 26 heavy (non-hydrogen) atoms. The molecule has 134 valence electrons. The van der Waals surface area contributed by atoms with Crippen LogP contribution in [-0.2, 0) is 4.79 Å². The first-order chi connectivity index (χ1) is 12.5. The Hall–Kier alpha value is -2.58. The second-order valence-electron chi connectivity index (χ2n) is 5.41. The van der Waals surface area contributed by atoms with Gasteiger partial charge in [0, 0.05) is 10.6 Å². The second-order valence-corrected chi connectivity index (χ2v) is 7.16. The number of aromatic nitrogens is 3. The molecule has 3 rings (SSSR count). The summed E-state index contributed by atoms with van der Waals surface area (Å²) in [5, 5.41) is 11.0. The van der Waals surface area contributed by atoms with Crippen molar-refractivity contribution in [1.29, 1.82) is 0 Å². The van der Waals surface area contributed by atoms with E-state index in [0.29, 0.717) is 16.0 Å². The molecule has 1 heterocycles. The minimum atomic E-state index is -0.556. The Kier molecular flexibility index (Phi) is 5.43. The van der Waals surface area contributed by atoms with E-state index >= 15 is 0 Å². The summed E-state index contributed by atoms with van der Waals surface area (Å²) in [6.07, 6.45) is 0. The number of para-hydroxylation sites is 1. The molecule has 0 aliphatic carbocycles. The number of nitrogen functional groups attached to an aromatic ring is 1. The number of hydrogen-bond acceptors (Lipinski definition) is 5. The summed E-state index contributed by atoms with van der Waals surface area (Å²) in [6, 6.07) is 13.0. The number of carbonyl (C=O) groups excluding carboxylic acids is 1. The van der Waals surface area contributed by atoms with Crippen LogP contribution in [-0.4, -0.2) is 26.0 Å². The number of thioether (sulfide) groups is 1. The molecule has 0 radical (unpaired) electrons. The number of amides is 1. The molecule has 2 aromatic carbocycles. The lowest BCUT2D eigenvalue weighted by Gasteiger charge is -2.12. The lowest BCUT2D eigenvalue weighted by atomic mass is 10.2. The maximum absolute atomic E-state index is 13.6. The molecular weight excluding hydrogens is 377 g/mol. The van der Waals surface area contributed by atoms with Crippen molar-refractivity contribution in [1.82, 2.24) is 14.9 Å². The number of halogens is 2. The third-order valence-corrected chi connectivity index (χ3v) is 4.86. The van der Waals surface area contributed by atoms with Gasteiger partial charge in [0.05, 0.1) is 10.9 Å². The van der Waals surface area contributed by atoms with Gasteiger partial charge in [0.25, 0.3) is 0 Å². The molecule has 0 bridgehead atoms. The minimum absolute atomic E-state index is 0.126. The third kappa shape index (κ3) is 3.97. The van der Waals surface area contributed by atoms with Crippen molar-refractivity contribution in [2.75, 3.05) is 11.2 Å². The molecule has 1 aromatic heterocycles. The summed E-state index contributed by atoms with van der Waals surface area (Å²) in [4.78, 5) is 12.3. The van der Waals surface area contributed by atoms with Gasteiger partial charge in [0.2, 0.25) is 11.1 Å². The van der Waals surface area contributed by atoms with Crippen LogP contribution >= 0.6 is 23.4 Å². The van der Waals surface area contributed by atoms with Crippen LogP contribution in [0.25, 0.3) is 11.4 Å². The van der Waals surface area contributed by atoms with Gasteiger partial charge in [0.15, 0.2) is 5.82 Å². The molecule has 0 unspecified atom stereocenters. The smallest absolute Gasteiger partial charge is 0.237 e. The van der Waals surface area contributed by atoms with Gasteiger partial charge in [-0.3, -0.25) is 4.79 Å². The van der Waals surface area contributed by atoms with E-state index in [1.54, 1.807) is 43.3 Å². The van der Waals surface area contributed by atoms with Crippen LogP contribution in [0.15, 0.2) is 53.7 Å². The predicted octanol–water partition coefficient (Wildman–Crippen LogP) is 3.57. The Labute approximate surface area is 158 Å². The number of anilines is 1. The molecule has 3 aromatic rings. The number of carbonyl (C=O) groups is 1. The number of nitrogens with zero attached hydrogens (tertiary/aromatic N) is 3. The molecule has 0 saturated heterocycles. The summed E-state index contributed by atoms with van der Waals surface area (Å²) >= 11 is 7.00. The van der Waals surface area contributed by atoms with Crippen LogP contribution < -0.4 is 11.2 Å². The van der Waals surface area contributed by atoms with Gasteiger partial charge >= 0.3 is 0 Å². The van der Waals surface area contributed by atoms with E-state index in [1.165, 1.54) is 16.8 Å². The van der Waals surface area contributed by atoms with Crippen molar-refractivity contribution in [3.05, 3.63) is 59.4 Å². The number of nitrogens with two attached hydrogens (primary N) is 1. The van der Waals surface area contributed by atoms with Crippen molar-refractivity contribution < 1.29 is 9.18 Å². The lowest BCUT2D eigenvalue weighted by Crippen LogP contribution is -2.24.